The van der Waals surface area contributed by atoms with Crippen molar-refractivity contribution >= 4 is 28.2 Å². The van der Waals surface area contributed by atoms with E-state index in [1.807, 2.05) is 48.5 Å². The first kappa shape index (κ1) is 15.2. The molecular formula is C17H16N4OS. The second kappa shape index (κ2) is 7.51. The molecule has 0 aliphatic carbocycles. The maximum atomic E-state index is 12.1. The number of benzene rings is 1. The highest BCUT2D eigenvalue weighted by molar-refractivity contribution is 7.14. The van der Waals surface area contributed by atoms with Crippen LogP contribution in [0.4, 0.5) is 10.9 Å². The summed E-state index contributed by atoms with van der Waals surface area (Å²) in [6.45, 7) is 0.587. The van der Waals surface area contributed by atoms with E-state index in [4.69, 9.17) is 0 Å². The number of anilines is 2. The van der Waals surface area contributed by atoms with Crippen LogP contribution in [0.2, 0.25) is 0 Å². The Hall–Kier alpha value is -2.73. The van der Waals surface area contributed by atoms with Crippen molar-refractivity contribution in [2.45, 2.75) is 6.42 Å². The van der Waals surface area contributed by atoms with Gasteiger partial charge in [0.15, 0.2) is 5.13 Å². The van der Waals surface area contributed by atoms with Crippen molar-refractivity contribution < 1.29 is 4.79 Å². The fourth-order valence-corrected chi connectivity index (χ4v) is 2.73. The standard InChI is InChI=1S/C17H16N4OS/c22-16(19-11-9-13-6-2-1-3-7-13)14-12-23-17(20-14)21-15-8-4-5-10-18-15/h1-8,10,12H,9,11H2,(H,19,22)(H,18,20,21). The van der Waals surface area contributed by atoms with Gasteiger partial charge in [-0.3, -0.25) is 4.79 Å². The van der Waals surface area contributed by atoms with Crippen molar-refractivity contribution in [3.63, 3.8) is 0 Å². The van der Waals surface area contributed by atoms with Gasteiger partial charge < -0.3 is 10.6 Å². The fourth-order valence-electron chi connectivity index (χ4n) is 2.04. The van der Waals surface area contributed by atoms with Crippen LogP contribution in [0.15, 0.2) is 60.1 Å². The number of rotatable bonds is 6. The molecule has 5 nitrogen and oxygen atoms in total. The summed E-state index contributed by atoms with van der Waals surface area (Å²) in [5.41, 5.74) is 1.62. The van der Waals surface area contributed by atoms with Crippen LogP contribution in [0.1, 0.15) is 16.1 Å². The highest BCUT2D eigenvalue weighted by Crippen LogP contribution is 2.19. The summed E-state index contributed by atoms with van der Waals surface area (Å²) in [5, 5.41) is 8.35. The highest BCUT2D eigenvalue weighted by Gasteiger charge is 2.10. The van der Waals surface area contributed by atoms with E-state index in [1.165, 1.54) is 16.9 Å². The number of pyridine rings is 1. The maximum Gasteiger partial charge on any atom is 0.270 e. The molecule has 3 rings (SSSR count). The van der Waals surface area contributed by atoms with E-state index in [0.29, 0.717) is 23.2 Å². The predicted molar refractivity (Wildman–Crippen MR) is 92.1 cm³/mol. The summed E-state index contributed by atoms with van der Waals surface area (Å²) < 4.78 is 0. The van der Waals surface area contributed by atoms with Crippen LogP contribution in [0.5, 0.6) is 0 Å². The first-order chi connectivity index (χ1) is 11.3. The quantitative estimate of drug-likeness (QED) is 0.730. The van der Waals surface area contributed by atoms with Gasteiger partial charge in [-0.05, 0) is 24.1 Å². The van der Waals surface area contributed by atoms with E-state index in [9.17, 15) is 4.79 Å². The van der Waals surface area contributed by atoms with Gasteiger partial charge in [-0.1, -0.05) is 36.4 Å². The van der Waals surface area contributed by atoms with Crippen molar-refractivity contribution in [3.05, 3.63) is 71.4 Å². The zero-order chi connectivity index (χ0) is 15.9. The summed E-state index contributed by atoms with van der Waals surface area (Å²) in [5.74, 6) is 0.545. The van der Waals surface area contributed by atoms with Crippen molar-refractivity contribution in [3.8, 4) is 0 Å². The third-order valence-corrected chi connectivity index (χ3v) is 3.94. The number of amides is 1. The van der Waals surface area contributed by atoms with Gasteiger partial charge >= 0.3 is 0 Å². The average molecular weight is 324 g/mol. The topological polar surface area (TPSA) is 66.9 Å². The average Bonchev–Trinajstić information content (AvgIpc) is 3.05. The van der Waals surface area contributed by atoms with E-state index in [1.54, 1.807) is 11.6 Å². The Bertz CT molecular complexity index is 759. The van der Waals surface area contributed by atoms with Crippen LogP contribution >= 0.6 is 11.3 Å². The van der Waals surface area contributed by atoms with Crippen LogP contribution in [-0.2, 0) is 6.42 Å². The third kappa shape index (κ3) is 4.37. The monoisotopic (exact) mass is 324 g/mol. The fraction of sp³-hybridized carbons (Fsp3) is 0.118. The van der Waals surface area contributed by atoms with Crippen molar-refractivity contribution in [1.82, 2.24) is 15.3 Å². The number of hydrogen-bond donors (Lipinski definition) is 2. The molecule has 0 saturated heterocycles. The minimum absolute atomic E-state index is 0.161. The Morgan fingerprint density at radius 1 is 1.09 bits per heavy atom. The largest absolute Gasteiger partial charge is 0.350 e. The summed E-state index contributed by atoms with van der Waals surface area (Å²) in [6, 6.07) is 15.6. The Labute approximate surface area is 138 Å². The zero-order valence-corrected chi connectivity index (χ0v) is 13.2. The molecule has 0 atom stereocenters. The molecule has 0 bridgehead atoms. The molecule has 2 N–H and O–H groups in total. The van der Waals surface area contributed by atoms with Gasteiger partial charge in [-0.25, -0.2) is 9.97 Å². The molecule has 1 aromatic carbocycles. The molecule has 0 fully saturated rings. The van der Waals surface area contributed by atoms with Crippen molar-refractivity contribution in [2.75, 3.05) is 11.9 Å². The molecule has 2 aromatic heterocycles. The van der Waals surface area contributed by atoms with Crippen molar-refractivity contribution in [1.29, 1.82) is 0 Å². The van der Waals surface area contributed by atoms with Gasteiger partial charge in [-0.15, -0.1) is 11.3 Å². The Balaban J connectivity index is 1.52. The SMILES string of the molecule is O=C(NCCc1ccccc1)c1csc(Nc2ccccn2)n1. The molecule has 1 amide bonds. The minimum Gasteiger partial charge on any atom is -0.350 e. The van der Waals surface area contributed by atoms with E-state index in [0.717, 1.165) is 6.42 Å². The van der Waals surface area contributed by atoms with Gasteiger partial charge in [0.05, 0.1) is 0 Å². The number of nitrogens with zero attached hydrogens (tertiary/aromatic N) is 2. The summed E-state index contributed by atoms with van der Waals surface area (Å²) >= 11 is 1.38. The number of carbonyl (C=O) groups is 1. The maximum absolute atomic E-state index is 12.1. The lowest BCUT2D eigenvalue weighted by molar-refractivity contribution is 0.0950. The first-order valence-corrected chi connectivity index (χ1v) is 8.15. The molecule has 0 aliphatic rings. The Kier molecular flexibility index (Phi) is 4.95. The molecule has 0 unspecified atom stereocenters. The highest BCUT2D eigenvalue weighted by atomic mass is 32.1. The van der Waals surface area contributed by atoms with E-state index < -0.39 is 0 Å². The second-order valence-corrected chi connectivity index (χ2v) is 5.73. The number of nitrogens with one attached hydrogen (secondary N) is 2. The Morgan fingerprint density at radius 3 is 2.70 bits per heavy atom. The molecule has 6 heteroatoms. The summed E-state index contributed by atoms with van der Waals surface area (Å²) in [4.78, 5) is 20.5. The molecule has 116 valence electrons. The van der Waals surface area contributed by atoms with Gasteiger partial charge in [0, 0.05) is 18.1 Å². The van der Waals surface area contributed by atoms with Crippen molar-refractivity contribution in [2.24, 2.45) is 0 Å². The molecule has 3 aromatic rings. The zero-order valence-electron chi connectivity index (χ0n) is 12.4. The lowest BCUT2D eigenvalue weighted by Crippen LogP contribution is -2.25. The van der Waals surface area contributed by atoms with Crippen LogP contribution in [-0.4, -0.2) is 22.4 Å². The van der Waals surface area contributed by atoms with Crippen LogP contribution in [0, 0.1) is 0 Å². The lowest BCUT2D eigenvalue weighted by Gasteiger charge is -2.03. The molecule has 0 spiro atoms. The number of aromatic nitrogens is 2. The minimum atomic E-state index is -0.161. The summed E-state index contributed by atoms with van der Waals surface area (Å²) in [7, 11) is 0. The molecule has 2 heterocycles. The number of carbonyl (C=O) groups excluding carboxylic acids is 1. The van der Waals surface area contributed by atoms with Gasteiger partial charge in [0.25, 0.3) is 5.91 Å². The van der Waals surface area contributed by atoms with Gasteiger partial charge in [-0.2, -0.15) is 0 Å². The second-order valence-electron chi connectivity index (χ2n) is 4.87. The molecule has 0 saturated carbocycles. The number of thiazole rings is 1. The lowest BCUT2D eigenvalue weighted by atomic mass is 10.1. The van der Waals surface area contributed by atoms with E-state index >= 15 is 0 Å². The Morgan fingerprint density at radius 2 is 1.91 bits per heavy atom. The van der Waals surface area contributed by atoms with Crippen LogP contribution in [0.25, 0.3) is 0 Å². The van der Waals surface area contributed by atoms with Crippen LogP contribution in [0.3, 0.4) is 0 Å². The smallest absolute Gasteiger partial charge is 0.270 e. The number of hydrogen-bond acceptors (Lipinski definition) is 5. The van der Waals surface area contributed by atoms with Gasteiger partial charge in [0.1, 0.15) is 11.5 Å². The van der Waals surface area contributed by atoms with E-state index in [2.05, 4.69) is 20.6 Å². The van der Waals surface area contributed by atoms with E-state index in [-0.39, 0.29) is 5.91 Å². The summed E-state index contributed by atoms with van der Waals surface area (Å²) in [6.07, 6.45) is 2.50. The molecule has 0 aliphatic heterocycles. The normalized spacial score (nSPS) is 10.3. The van der Waals surface area contributed by atoms with Crippen LogP contribution < -0.4 is 10.6 Å². The molecular weight excluding hydrogens is 308 g/mol. The first-order valence-electron chi connectivity index (χ1n) is 7.27. The predicted octanol–water partition coefficient (Wildman–Crippen LogP) is 3.25. The molecule has 0 radical (unpaired) electrons. The van der Waals surface area contributed by atoms with Gasteiger partial charge in [0.2, 0.25) is 0 Å². The third-order valence-electron chi connectivity index (χ3n) is 3.18. The molecule has 23 heavy (non-hydrogen) atoms.